The van der Waals surface area contributed by atoms with Gasteiger partial charge in [-0.3, -0.25) is 0 Å². The summed E-state index contributed by atoms with van der Waals surface area (Å²) in [6.45, 7) is 7.19. The Morgan fingerprint density at radius 1 is 1.33 bits per heavy atom. The van der Waals surface area contributed by atoms with Crippen LogP contribution in [0.5, 0.6) is 5.75 Å². The molecule has 0 saturated carbocycles. The lowest BCUT2D eigenvalue weighted by molar-refractivity contribution is 0.0903. The van der Waals surface area contributed by atoms with Gasteiger partial charge in [0.2, 0.25) is 0 Å². The largest absolute Gasteiger partial charge is 0.493 e. The second-order valence-corrected chi connectivity index (χ2v) is 5.69. The van der Waals surface area contributed by atoms with Crippen LogP contribution < -0.4 is 10.1 Å². The van der Waals surface area contributed by atoms with Crippen LogP contribution in [0, 0.1) is 13.8 Å². The first kappa shape index (κ1) is 16.3. The Hall–Kier alpha value is -1.10. The van der Waals surface area contributed by atoms with Crippen molar-refractivity contribution in [1.82, 2.24) is 5.32 Å². The van der Waals surface area contributed by atoms with Crippen LogP contribution in [0.15, 0.2) is 12.1 Å². The number of nitrogens with one attached hydrogen (secondary N) is 1. The van der Waals surface area contributed by atoms with Crippen molar-refractivity contribution in [1.29, 1.82) is 0 Å². The molecule has 4 heteroatoms. The van der Waals surface area contributed by atoms with Gasteiger partial charge in [-0.25, -0.2) is 0 Å². The van der Waals surface area contributed by atoms with Crippen LogP contribution >= 0.6 is 0 Å². The number of aliphatic hydroxyl groups is 1. The van der Waals surface area contributed by atoms with Crippen LogP contribution in [0.25, 0.3) is 0 Å². The summed E-state index contributed by atoms with van der Waals surface area (Å²) in [5.41, 5.74) is 3.81. The molecule has 1 atom stereocenters. The van der Waals surface area contributed by atoms with E-state index in [1.807, 2.05) is 0 Å². The second-order valence-electron chi connectivity index (χ2n) is 5.69. The highest BCUT2D eigenvalue weighted by Gasteiger charge is 2.21. The van der Waals surface area contributed by atoms with Crippen molar-refractivity contribution in [2.75, 3.05) is 33.0 Å². The van der Waals surface area contributed by atoms with Crippen LogP contribution in [0.4, 0.5) is 0 Å². The summed E-state index contributed by atoms with van der Waals surface area (Å²) in [5.74, 6) is 1.06. The zero-order valence-corrected chi connectivity index (χ0v) is 13.2. The maximum absolute atomic E-state index is 8.66. The summed E-state index contributed by atoms with van der Waals surface area (Å²) in [5, 5.41) is 12.3. The van der Waals surface area contributed by atoms with Gasteiger partial charge >= 0.3 is 0 Å². The number of aryl methyl sites for hydroxylation is 2. The summed E-state index contributed by atoms with van der Waals surface area (Å²) in [4.78, 5) is 0. The number of benzene rings is 1. The van der Waals surface area contributed by atoms with Crippen molar-refractivity contribution >= 4 is 0 Å². The molecule has 1 aromatic carbocycles. The van der Waals surface area contributed by atoms with E-state index in [4.69, 9.17) is 14.6 Å². The van der Waals surface area contributed by atoms with E-state index in [1.54, 1.807) is 0 Å². The molecule has 0 fully saturated rings. The number of fused-ring (bicyclic) bond motifs is 1. The van der Waals surface area contributed by atoms with E-state index >= 15 is 0 Å². The molecule has 0 spiro atoms. The summed E-state index contributed by atoms with van der Waals surface area (Å²) >= 11 is 0. The lowest BCUT2D eigenvalue weighted by Gasteiger charge is -2.20. The molecule has 1 aliphatic rings. The van der Waals surface area contributed by atoms with E-state index in [2.05, 4.69) is 31.3 Å². The minimum atomic E-state index is 0.0965. The molecular formula is C17H27NO3. The third-order valence-electron chi connectivity index (χ3n) is 3.80. The molecule has 0 aromatic heterocycles. The predicted octanol–water partition coefficient (Wildman–Crippen LogP) is 2.51. The van der Waals surface area contributed by atoms with Gasteiger partial charge in [0.1, 0.15) is 5.75 Å². The molecule has 2 N–H and O–H groups in total. The Morgan fingerprint density at radius 3 is 3.00 bits per heavy atom. The van der Waals surface area contributed by atoms with E-state index in [-0.39, 0.29) is 6.61 Å². The average molecular weight is 293 g/mol. The zero-order chi connectivity index (χ0) is 15.1. The van der Waals surface area contributed by atoms with Gasteiger partial charge in [-0.15, -0.1) is 0 Å². The molecule has 0 bridgehead atoms. The summed E-state index contributed by atoms with van der Waals surface area (Å²) in [6, 6.07) is 4.79. The van der Waals surface area contributed by atoms with Crippen molar-refractivity contribution in [2.45, 2.75) is 39.2 Å². The van der Waals surface area contributed by atoms with Crippen LogP contribution in [0.1, 0.15) is 42.0 Å². The topological polar surface area (TPSA) is 50.7 Å². The van der Waals surface area contributed by atoms with Crippen LogP contribution in [0.2, 0.25) is 0 Å². The fourth-order valence-corrected chi connectivity index (χ4v) is 2.89. The van der Waals surface area contributed by atoms with Gasteiger partial charge in [0.15, 0.2) is 0 Å². The molecule has 1 aromatic rings. The van der Waals surface area contributed by atoms with E-state index in [1.165, 1.54) is 16.7 Å². The summed E-state index contributed by atoms with van der Waals surface area (Å²) < 4.78 is 11.2. The quantitative estimate of drug-likeness (QED) is 0.759. The molecular weight excluding hydrogens is 266 g/mol. The Balaban J connectivity index is 1.94. The van der Waals surface area contributed by atoms with E-state index in [9.17, 15) is 0 Å². The average Bonchev–Trinajstić information content (AvgIpc) is 2.65. The third-order valence-corrected chi connectivity index (χ3v) is 3.80. The van der Waals surface area contributed by atoms with Crippen LogP contribution in [-0.2, 0) is 4.74 Å². The van der Waals surface area contributed by atoms with Crippen molar-refractivity contribution < 1.29 is 14.6 Å². The maximum atomic E-state index is 8.66. The Morgan fingerprint density at radius 2 is 2.19 bits per heavy atom. The van der Waals surface area contributed by atoms with Gasteiger partial charge in [0.05, 0.1) is 19.8 Å². The summed E-state index contributed by atoms with van der Waals surface area (Å²) in [7, 11) is 0. The van der Waals surface area contributed by atoms with Gasteiger partial charge in [0.25, 0.3) is 0 Å². The van der Waals surface area contributed by atoms with Gasteiger partial charge in [-0.1, -0.05) is 17.7 Å². The SMILES string of the molecule is Cc1cc(C)c2c(c1)C(NCCCOCCO)CCCO2. The number of aliphatic hydroxyl groups excluding tert-OH is 1. The van der Waals surface area contributed by atoms with Gasteiger partial charge in [-0.2, -0.15) is 0 Å². The first-order valence-electron chi connectivity index (χ1n) is 7.88. The minimum Gasteiger partial charge on any atom is -0.493 e. The maximum Gasteiger partial charge on any atom is 0.126 e. The first-order valence-corrected chi connectivity index (χ1v) is 7.88. The van der Waals surface area contributed by atoms with E-state index < -0.39 is 0 Å². The molecule has 118 valence electrons. The molecule has 1 unspecified atom stereocenters. The number of hydrogen-bond acceptors (Lipinski definition) is 4. The van der Waals surface area contributed by atoms with Crippen molar-refractivity contribution in [3.63, 3.8) is 0 Å². The summed E-state index contributed by atoms with van der Waals surface area (Å²) in [6.07, 6.45) is 3.14. The number of hydrogen-bond donors (Lipinski definition) is 2. The molecule has 4 nitrogen and oxygen atoms in total. The molecule has 1 heterocycles. The standard InChI is InChI=1S/C17H27NO3/c1-13-11-14(2)17-15(12-13)16(5-3-9-21-17)18-6-4-8-20-10-7-19/h11-12,16,18-19H,3-10H2,1-2H3. The highest BCUT2D eigenvalue weighted by Crippen LogP contribution is 2.35. The minimum absolute atomic E-state index is 0.0965. The van der Waals surface area contributed by atoms with Gasteiger partial charge in [-0.05, 0) is 45.2 Å². The molecule has 1 aliphatic heterocycles. The Bertz CT molecular complexity index is 448. The molecule has 0 amide bonds. The van der Waals surface area contributed by atoms with Crippen molar-refractivity contribution in [3.05, 3.63) is 28.8 Å². The first-order chi connectivity index (χ1) is 10.2. The Kier molecular flexibility index (Phi) is 6.49. The van der Waals surface area contributed by atoms with Gasteiger partial charge < -0.3 is 19.9 Å². The normalized spacial score (nSPS) is 18.0. The van der Waals surface area contributed by atoms with Gasteiger partial charge in [0, 0.05) is 18.2 Å². The Labute approximate surface area is 127 Å². The highest BCUT2D eigenvalue weighted by atomic mass is 16.5. The van der Waals surface area contributed by atoms with Crippen LogP contribution in [-0.4, -0.2) is 38.1 Å². The number of rotatable bonds is 7. The van der Waals surface area contributed by atoms with E-state index in [0.717, 1.165) is 38.2 Å². The zero-order valence-electron chi connectivity index (χ0n) is 13.2. The second kappa shape index (κ2) is 8.37. The van der Waals surface area contributed by atoms with E-state index in [0.29, 0.717) is 19.3 Å². The predicted molar refractivity (Wildman–Crippen MR) is 83.9 cm³/mol. The monoisotopic (exact) mass is 293 g/mol. The van der Waals surface area contributed by atoms with Crippen LogP contribution in [0.3, 0.4) is 0 Å². The lowest BCUT2D eigenvalue weighted by Crippen LogP contribution is -2.23. The number of ether oxygens (including phenoxy) is 2. The molecule has 0 saturated heterocycles. The van der Waals surface area contributed by atoms with Crippen molar-refractivity contribution in [2.24, 2.45) is 0 Å². The molecule has 21 heavy (non-hydrogen) atoms. The van der Waals surface area contributed by atoms with Crippen molar-refractivity contribution in [3.8, 4) is 5.75 Å². The fraction of sp³-hybridized carbons (Fsp3) is 0.647. The lowest BCUT2D eigenvalue weighted by atomic mass is 9.97. The molecule has 2 rings (SSSR count). The fourth-order valence-electron chi connectivity index (χ4n) is 2.89. The molecule has 0 aliphatic carbocycles. The smallest absolute Gasteiger partial charge is 0.126 e. The highest BCUT2D eigenvalue weighted by molar-refractivity contribution is 5.46. The molecule has 0 radical (unpaired) electrons. The third kappa shape index (κ3) is 4.70.